The fraction of sp³-hybridized carbons (Fsp3) is 0.667. The summed E-state index contributed by atoms with van der Waals surface area (Å²) < 4.78 is 5.83. The SMILES string of the molecule is c1cc(C2CCCN(Cc3nnc(C4CCC4)o3)C2)[nH]n1. The lowest BCUT2D eigenvalue weighted by atomic mass is 9.85. The van der Waals surface area contributed by atoms with Crippen molar-refractivity contribution in [2.24, 2.45) is 0 Å². The van der Waals surface area contributed by atoms with Crippen molar-refractivity contribution in [2.75, 3.05) is 13.1 Å². The van der Waals surface area contributed by atoms with Crippen molar-refractivity contribution >= 4 is 0 Å². The van der Waals surface area contributed by atoms with Gasteiger partial charge in [0.2, 0.25) is 11.8 Å². The maximum Gasteiger partial charge on any atom is 0.230 e. The van der Waals surface area contributed by atoms with Crippen LogP contribution in [0.15, 0.2) is 16.7 Å². The second kappa shape index (κ2) is 5.60. The van der Waals surface area contributed by atoms with Crippen LogP contribution in [0.25, 0.3) is 0 Å². The lowest BCUT2D eigenvalue weighted by Crippen LogP contribution is -2.34. The Labute approximate surface area is 123 Å². The molecule has 21 heavy (non-hydrogen) atoms. The second-order valence-electron chi connectivity index (χ2n) is 6.25. The number of likely N-dealkylation sites (tertiary alicyclic amines) is 1. The first-order valence-corrected chi connectivity index (χ1v) is 7.92. The van der Waals surface area contributed by atoms with Crippen LogP contribution in [0.4, 0.5) is 0 Å². The molecule has 1 N–H and O–H groups in total. The van der Waals surface area contributed by atoms with Crippen LogP contribution in [0.5, 0.6) is 0 Å². The summed E-state index contributed by atoms with van der Waals surface area (Å²) >= 11 is 0. The molecule has 6 heteroatoms. The number of H-pyrrole nitrogens is 1. The van der Waals surface area contributed by atoms with Crippen LogP contribution < -0.4 is 0 Å². The minimum absolute atomic E-state index is 0.519. The number of nitrogens with zero attached hydrogens (tertiary/aromatic N) is 4. The van der Waals surface area contributed by atoms with Crippen LogP contribution in [0, 0.1) is 0 Å². The Balaban J connectivity index is 1.38. The number of nitrogens with one attached hydrogen (secondary N) is 1. The summed E-state index contributed by atoms with van der Waals surface area (Å²) in [6.07, 6.45) is 7.95. The van der Waals surface area contributed by atoms with Gasteiger partial charge in [-0.15, -0.1) is 10.2 Å². The molecule has 0 radical (unpaired) electrons. The molecule has 3 heterocycles. The molecule has 0 amide bonds. The van der Waals surface area contributed by atoms with Gasteiger partial charge < -0.3 is 4.42 Å². The predicted molar refractivity (Wildman–Crippen MR) is 76.7 cm³/mol. The van der Waals surface area contributed by atoms with Crippen molar-refractivity contribution in [3.63, 3.8) is 0 Å². The topological polar surface area (TPSA) is 70.8 Å². The molecule has 0 spiro atoms. The molecule has 1 unspecified atom stereocenters. The number of aromatic nitrogens is 4. The monoisotopic (exact) mass is 287 g/mol. The number of hydrogen-bond donors (Lipinski definition) is 1. The van der Waals surface area contributed by atoms with Crippen molar-refractivity contribution in [3.8, 4) is 0 Å². The average Bonchev–Trinajstić information content (AvgIpc) is 3.09. The Morgan fingerprint density at radius 3 is 2.86 bits per heavy atom. The van der Waals surface area contributed by atoms with Crippen LogP contribution >= 0.6 is 0 Å². The van der Waals surface area contributed by atoms with E-state index in [-0.39, 0.29) is 0 Å². The molecule has 1 aliphatic carbocycles. The molecule has 1 saturated heterocycles. The van der Waals surface area contributed by atoms with Gasteiger partial charge in [0.25, 0.3) is 0 Å². The van der Waals surface area contributed by atoms with E-state index in [0.29, 0.717) is 11.8 Å². The lowest BCUT2D eigenvalue weighted by Gasteiger charge is -2.31. The zero-order valence-electron chi connectivity index (χ0n) is 12.2. The maximum atomic E-state index is 5.83. The number of piperidine rings is 1. The molecule has 1 saturated carbocycles. The third-order valence-electron chi connectivity index (χ3n) is 4.76. The molecule has 2 aliphatic rings. The molecule has 2 aromatic rings. The highest BCUT2D eigenvalue weighted by molar-refractivity contribution is 5.07. The van der Waals surface area contributed by atoms with Gasteiger partial charge >= 0.3 is 0 Å². The van der Waals surface area contributed by atoms with Crippen molar-refractivity contribution in [3.05, 3.63) is 29.7 Å². The van der Waals surface area contributed by atoms with E-state index in [2.05, 4.69) is 31.4 Å². The summed E-state index contributed by atoms with van der Waals surface area (Å²) in [5.41, 5.74) is 1.24. The number of hydrogen-bond acceptors (Lipinski definition) is 5. The first-order valence-electron chi connectivity index (χ1n) is 7.92. The van der Waals surface area contributed by atoms with Gasteiger partial charge in [-0.05, 0) is 38.3 Å². The van der Waals surface area contributed by atoms with Crippen LogP contribution in [0.1, 0.15) is 61.4 Å². The van der Waals surface area contributed by atoms with E-state index in [1.54, 1.807) is 0 Å². The first kappa shape index (κ1) is 13.0. The normalized spacial score (nSPS) is 24.1. The Morgan fingerprint density at radius 1 is 1.19 bits per heavy atom. The highest BCUT2D eigenvalue weighted by Crippen LogP contribution is 2.35. The van der Waals surface area contributed by atoms with E-state index < -0.39 is 0 Å². The molecule has 112 valence electrons. The molecule has 2 aromatic heterocycles. The van der Waals surface area contributed by atoms with Crippen molar-refractivity contribution in [1.82, 2.24) is 25.3 Å². The highest BCUT2D eigenvalue weighted by Gasteiger charge is 2.27. The summed E-state index contributed by atoms with van der Waals surface area (Å²) in [4.78, 5) is 2.41. The fourth-order valence-corrected chi connectivity index (χ4v) is 3.29. The zero-order valence-corrected chi connectivity index (χ0v) is 12.2. The van der Waals surface area contributed by atoms with E-state index >= 15 is 0 Å². The Hall–Kier alpha value is -1.69. The molecule has 0 bridgehead atoms. The van der Waals surface area contributed by atoms with E-state index in [4.69, 9.17) is 4.42 Å². The van der Waals surface area contributed by atoms with Gasteiger partial charge in [0.1, 0.15) is 0 Å². The number of rotatable bonds is 4. The van der Waals surface area contributed by atoms with Gasteiger partial charge in [-0.3, -0.25) is 10.00 Å². The van der Waals surface area contributed by atoms with Gasteiger partial charge in [-0.1, -0.05) is 6.42 Å². The molecule has 1 aliphatic heterocycles. The van der Waals surface area contributed by atoms with Crippen LogP contribution in [0.2, 0.25) is 0 Å². The standard InChI is InChI=1S/C15H21N5O/c1-3-11(4-1)15-19-18-14(21-15)10-20-8-2-5-12(9-20)13-6-7-16-17-13/h6-7,11-12H,1-5,8-10H2,(H,16,17). The largest absolute Gasteiger partial charge is 0.424 e. The minimum atomic E-state index is 0.519. The Bertz CT molecular complexity index is 575. The van der Waals surface area contributed by atoms with Crippen LogP contribution in [-0.2, 0) is 6.54 Å². The molecule has 2 fully saturated rings. The quantitative estimate of drug-likeness (QED) is 0.935. The summed E-state index contributed by atoms with van der Waals surface area (Å²) in [6, 6.07) is 2.08. The average molecular weight is 287 g/mol. The third kappa shape index (κ3) is 2.72. The summed E-state index contributed by atoms with van der Waals surface area (Å²) in [6.45, 7) is 2.90. The van der Waals surface area contributed by atoms with E-state index in [1.807, 2.05) is 6.20 Å². The zero-order chi connectivity index (χ0) is 14.1. The van der Waals surface area contributed by atoms with Gasteiger partial charge in [0, 0.05) is 30.3 Å². The lowest BCUT2D eigenvalue weighted by molar-refractivity contribution is 0.179. The van der Waals surface area contributed by atoms with Crippen molar-refractivity contribution in [2.45, 2.75) is 50.5 Å². The van der Waals surface area contributed by atoms with Gasteiger partial charge in [0.05, 0.1) is 6.54 Å². The second-order valence-corrected chi connectivity index (χ2v) is 6.25. The molecule has 0 aromatic carbocycles. The molecule has 1 atom stereocenters. The highest BCUT2D eigenvalue weighted by atomic mass is 16.4. The molecular weight excluding hydrogens is 266 g/mol. The molecular formula is C15H21N5O. The third-order valence-corrected chi connectivity index (χ3v) is 4.76. The van der Waals surface area contributed by atoms with Crippen molar-refractivity contribution < 1.29 is 4.42 Å². The summed E-state index contributed by atoms with van der Waals surface area (Å²) in [5, 5.41) is 15.6. The predicted octanol–water partition coefficient (Wildman–Crippen LogP) is 2.44. The van der Waals surface area contributed by atoms with Gasteiger partial charge in [-0.25, -0.2) is 0 Å². The van der Waals surface area contributed by atoms with E-state index in [0.717, 1.165) is 31.4 Å². The van der Waals surface area contributed by atoms with Crippen molar-refractivity contribution in [1.29, 1.82) is 0 Å². The van der Waals surface area contributed by atoms with Crippen LogP contribution in [-0.4, -0.2) is 38.4 Å². The van der Waals surface area contributed by atoms with E-state index in [1.165, 1.54) is 37.8 Å². The fourth-order valence-electron chi connectivity index (χ4n) is 3.29. The minimum Gasteiger partial charge on any atom is -0.424 e. The number of aromatic amines is 1. The molecule has 6 nitrogen and oxygen atoms in total. The van der Waals surface area contributed by atoms with Crippen LogP contribution in [0.3, 0.4) is 0 Å². The maximum absolute atomic E-state index is 5.83. The summed E-state index contributed by atoms with van der Waals surface area (Å²) in [7, 11) is 0. The Kier molecular flexibility index (Phi) is 3.47. The Morgan fingerprint density at radius 2 is 2.10 bits per heavy atom. The first-order chi connectivity index (χ1) is 10.4. The summed E-state index contributed by atoms with van der Waals surface area (Å²) in [5.74, 6) is 2.67. The smallest absolute Gasteiger partial charge is 0.230 e. The molecule has 4 rings (SSSR count). The van der Waals surface area contributed by atoms with Gasteiger partial charge in [-0.2, -0.15) is 5.10 Å². The van der Waals surface area contributed by atoms with E-state index in [9.17, 15) is 0 Å². The van der Waals surface area contributed by atoms with Gasteiger partial charge in [0.15, 0.2) is 0 Å².